The number of para-hydroxylation sites is 1. The molecule has 0 saturated carbocycles. The lowest BCUT2D eigenvalue weighted by Crippen LogP contribution is -2.28. The number of fused-ring (bicyclic) bond motifs is 1. The third-order valence-electron chi connectivity index (χ3n) is 4.05. The van der Waals surface area contributed by atoms with Crippen molar-refractivity contribution < 1.29 is 18.3 Å². The van der Waals surface area contributed by atoms with Crippen LogP contribution in [0.15, 0.2) is 59.4 Å². The van der Waals surface area contributed by atoms with Crippen molar-refractivity contribution in [3.63, 3.8) is 0 Å². The molecule has 2 aromatic heterocycles. The summed E-state index contributed by atoms with van der Waals surface area (Å²) in [6.07, 6.45) is 0. The zero-order chi connectivity index (χ0) is 21.1. The highest BCUT2D eigenvalue weighted by Gasteiger charge is 2.15. The van der Waals surface area contributed by atoms with Gasteiger partial charge in [0.1, 0.15) is 29.4 Å². The first-order chi connectivity index (χ1) is 14.5. The van der Waals surface area contributed by atoms with E-state index in [9.17, 15) is 18.4 Å². The fraction of sp³-hybridized carbons (Fsp3) is 0.100. The predicted octanol–water partition coefficient (Wildman–Crippen LogP) is 3.46. The van der Waals surface area contributed by atoms with Crippen LogP contribution in [0.25, 0.3) is 10.2 Å². The van der Waals surface area contributed by atoms with Gasteiger partial charge in [-0.25, -0.2) is 18.4 Å². The Morgan fingerprint density at radius 2 is 1.93 bits per heavy atom. The largest absolute Gasteiger partial charge is 0.492 e. The van der Waals surface area contributed by atoms with Gasteiger partial charge in [-0.15, -0.1) is 0 Å². The van der Waals surface area contributed by atoms with Crippen LogP contribution >= 0.6 is 11.3 Å². The van der Waals surface area contributed by atoms with E-state index in [0.717, 1.165) is 28.2 Å². The normalized spacial score (nSPS) is 10.9. The molecule has 0 bridgehead atoms. The number of nitrogens with one attached hydrogen (secondary N) is 1. The Bertz CT molecular complexity index is 1270. The maximum atomic E-state index is 13.8. The summed E-state index contributed by atoms with van der Waals surface area (Å²) in [7, 11) is 0. The number of nitrogens with zero attached hydrogens (tertiary/aromatic N) is 3. The summed E-state index contributed by atoms with van der Waals surface area (Å²) in [6, 6.07) is 13.4. The van der Waals surface area contributed by atoms with E-state index in [2.05, 4.69) is 15.4 Å². The molecule has 0 aliphatic rings. The van der Waals surface area contributed by atoms with Crippen LogP contribution in [0.1, 0.15) is 10.5 Å². The van der Waals surface area contributed by atoms with Crippen LogP contribution in [0.5, 0.6) is 5.75 Å². The van der Waals surface area contributed by atoms with Gasteiger partial charge in [0.05, 0.1) is 11.2 Å². The third-order valence-corrected chi connectivity index (χ3v) is 4.97. The summed E-state index contributed by atoms with van der Waals surface area (Å²) in [6.45, 7) is 0.325. The number of halogens is 2. The van der Waals surface area contributed by atoms with E-state index in [-0.39, 0.29) is 39.8 Å². The van der Waals surface area contributed by atoms with Crippen molar-refractivity contribution in [1.82, 2.24) is 14.8 Å². The number of carbonyl (C=O) groups is 1. The molecule has 0 atom stereocenters. The van der Waals surface area contributed by atoms with Gasteiger partial charge in [-0.1, -0.05) is 29.5 Å². The number of thiazole rings is 1. The second kappa shape index (κ2) is 8.37. The molecule has 0 aliphatic carbocycles. The van der Waals surface area contributed by atoms with Gasteiger partial charge in [-0.2, -0.15) is 5.10 Å². The number of hydrogen-bond acceptors (Lipinski definition) is 6. The van der Waals surface area contributed by atoms with Gasteiger partial charge < -0.3 is 4.74 Å². The van der Waals surface area contributed by atoms with Crippen molar-refractivity contribution in [2.75, 3.05) is 11.9 Å². The van der Waals surface area contributed by atoms with Crippen molar-refractivity contribution in [3.8, 4) is 5.75 Å². The fourth-order valence-corrected chi connectivity index (χ4v) is 3.57. The van der Waals surface area contributed by atoms with Crippen LogP contribution in [-0.2, 0) is 6.54 Å². The van der Waals surface area contributed by atoms with Gasteiger partial charge in [0.25, 0.3) is 11.5 Å². The van der Waals surface area contributed by atoms with Crippen molar-refractivity contribution >= 4 is 32.6 Å². The zero-order valence-electron chi connectivity index (χ0n) is 15.3. The molecule has 4 rings (SSSR count). The minimum Gasteiger partial charge on any atom is -0.492 e. The highest BCUT2D eigenvalue weighted by atomic mass is 32.1. The molecule has 0 aliphatic heterocycles. The lowest BCUT2D eigenvalue weighted by Gasteiger charge is -2.08. The first kappa shape index (κ1) is 19.6. The highest BCUT2D eigenvalue weighted by Crippen LogP contribution is 2.28. The quantitative estimate of drug-likeness (QED) is 0.508. The van der Waals surface area contributed by atoms with Crippen molar-refractivity contribution in [3.05, 3.63) is 82.3 Å². The Morgan fingerprint density at radius 3 is 2.73 bits per heavy atom. The standard InChI is InChI=1S/C20H14F2N4O3S/c21-12-10-14(22)18-16(11-12)30-20(23-18)24-19(28)15-6-7-17(27)26(25-15)8-9-29-13-4-2-1-3-5-13/h1-7,10-11H,8-9H2,(H,23,24,28). The van der Waals surface area contributed by atoms with E-state index in [4.69, 9.17) is 4.74 Å². The molecule has 0 unspecified atom stereocenters. The zero-order valence-corrected chi connectivity index (χ0v) is 16.2. The van der Waals surface area contributed by atoms with Gasteiger partial charge >= 0.3 is 0 Å². The average molecular weight is 428 g/mol. The Balaban J connectivity index is 1.47. The molecule has 1 amide bonds. The first-order valence-corrected chi connectivity index (χ1v) is 9.64. The molecule has 2 heterocycles. The van der Waals surface area contributed by atoms with Gasteiger partial charge in [0, 0.05) is 12.1 Å². The number of ether oxygens (including phenoxy) is 1. The topological polar surface area (TPSA) is 86.1 Å². The van der Waals surface area contributed by atoms with Gasteiger partial charge in [-0.05, 0) is 24.3 Å². The maximum Gasteiger partial charge on any atom is 0.277 e. The van der Waals surface area contributed by atoms with Crippen molar-refractivity contribution in [2.24, 2.45) is 0 Å². The molecule has 0 saturated heterocycles. The van der Waals surface area contributed by atoms with Gasteiger partial charge in [0.2, 0.25) is 0 Å². The van der Waals surface area contributed by atoms with Crippen LogP contribution in [0, 0.1) is 11.6 Å². The minimum atomic E-state index is -0.813. The summed E-state index contributed by atoms with van der Waals surface area (Å²) in [5.41, 5.74) is -0.450. The lowest BCUT2D eigenvalue weighted by molar-refractivity contribution is 0.101. The molecular formula is C20H14F2N4O3S. The molecule has 1 N–H and O–H groups in total. The van der Waals surface area contributed by atoms with E-state index in [1.54, 1.807) is 12.1 Å². The molecular weight excluding hydrogens is 414 g/mol. The Kier molecular flexibility index (Phi) is 5.48. The van der Waals surface area contributed by atoms with E-state index >= 15 is 0 Å². The monoisotopic (exact) mass is 428 g/mol. The lowest BCUT2D eigenvalue weighted by atomic mass is 10.3. The molecule has 0 fully saturated rings. The first-order valence-electron chi connectivity index (χ1n) is 8.82. The van der Waals surface area contributed by atoms with E-state index in [1.165, 1.54) is 12.1 Å². The second-order valence-electron chi connectivity index (χ2n) is 6.15. The summed E-state index contributed by atoms with van der Waals surface area (Å²) in [5.74, 6) is -1.52. The van der Waals surface area contributed by atoms with Crippen molar-refractivity contribution in [2.45, 2.75) is 6.54 Å². The molecule has 10 heteroatoms. The Labute approximate surface area is 172 Å². The summed E-state index contributed by atoms with van der Waals surface area (Å²) in [4.78, 5) is 28.5. The highest BCUT2D eigenvalue weighted by molar-refractivity contribution is 7.22. The predicted molar refractivity (Wildman–Crippen MR) is 108 cm³/mol. The molecule has 7 nitrogen and oxygen atoms in total. The smallest absolute Gasteiger partial charge is 0.277 e. The van der Waals surface area contributed by atoms with Crippen LogP contribution in [0.2, 0.25) is 0 Å². The van der Waals surface area contributed by atoms with E-state index in [0.29, 0.717) is 5.75 Å². The van der Waals surface area contributed by atoms with Crippen LogP contribution in [-0.4, -0.2) is 27.3 Å². The van der Waals surface area contributed by atoms with Gasteiger partial charge in [0.15, 0.2) is 10.9 Å². The van der Waals surface area contributed by atoms with Gasteiger partial charge in [-0.3, -0.25) is 14.9 Å². The summed E-state index contributed by atoms with van der Waals surface area (Å²) < 4.78 is 34.0. The molecule has 152 valence electrons. The minimum absolute atomic E-state index is 0.0276. The number of hydrogen-bond donors (Lipinski definition) is 1. The number of anilines is 1. The number of rotatable bonds is 6. The molecule has 0 radical (unpaired) electrons. The summed E-state index contributed by atoms with van der Waals surface area (Å²) >= 11 is 0.928. The SMILES string of the molecule is O=C(Nc1nc2c(F)cc(F)cc2s1)c1ccc(=O)n(CCOc2ccccc2)n1. The Morgan fingerprint density at radius 1 is 1.13 bits per heavy atom. The van der Waals surface area contributed by atoms with Crippen LogP contribution < -0.4 is 15.6 Å². The molecule has 0 spiro atoms. The van der Waals surface area contributed by atoms with Crippen molar-refractivity contribution in [1.29, 1.82) is 0 Å². The maximum absolute atomic E-state index is 13.8. The number of carbonyl (C=O) groups excluding carboxylic acids is 1. The average Bonchev–Trinajstić information content (AvgIpc) is 3.12. The fourth-order valence-electron chi connectivity index (χ4n) is 2.67. The second-order valence-corrected chi connectivity index (χ2v) is 7.18. The van der Waals surface area contributed by atoms with E-state index < -0.39 is 17.5 Å². The molecule has 30 heavy (non-hydrogen) atoms. The number of benzene rings is 2. The molecule has 4 aromatic rings. The third kappa shape index (κ3) is 4.33. The van der Waals surface area contributed by atoms with E-state index in [1.807, 2.05) is 18.2 Å². The molecule has 2 aromatic carbocycles. The van der Waals surface area contributed by atoms with Crippen LogP contribution in [0.4, 0.5) is 13.9 Å². The summed E-state index contributed by atoms with van der Waals surface area (Å²) in [5, 5.41) is 6.62. The number of amides is 1. The van der Waals surface area contributed by atoms with Crippen LogP contribution in [0.3, 0.4) is 0 Å². The Hall–Kier alpha value is -3.66. The number of aromatic nitrogens is 3.